The van der Waals surface area contributed by atoms with Gasteiger partial charge in [-0.05, 0) is 118 Å². The SMILES string of the molecule is [C-]#[N+]c1cccc(-n2c3ccccc3c3cc(-c4nc(C)nc(C)n4)ccc32)c1-c1c(-c2c(C)cccc2C(F)(F)F)cccc1-n1c2ccccc2c2cc(-c3nc(C)nc(C)n3)ccc21. The van der Waals surface area contributed by atoms with Crippen molar-refractivity contribution in [2.45, 2.75) is 40.8 Å². The van der Waals surface area contributed by atoms with Crippen LogP contribution in [0.1, 0.15) is 34.4 Å². The molecule has 0 fully saturated rings. The largest absolute Gasteiger partial charge is 0.417 e. The molecule has 9 nitrogen and oxygen atoms in total. The van der Waals surface area contributed by atoms with E-state index < -0.39 is 11.7 Å². The summed E-state index contributed by atoms with van der Waals surface area (Å²) >= 11 is 0. The van der Waals surface area contributed by atoms with Crippen LogP contribution in [-0.4, -0.2) is 39.0 Å². The minimum Gasteiger partial charge on any atom is -0.310 e. The molecule has 11 rings (SSSR count). The van der Waals surface area contributed by atoms with Gasteiger partial charge in [-0.15, -0.1) is 0 Å². The lowest BCUT2D eigenvalue weighted by atomic mass is 9.86. The fourth-order valence-electron chi connectivity index (χ4n) is 9.76. The van der Waals surface area contributed by atoms with Crippen molar-refractivity contribution in [1.29, 1.82) is 0 Å². The van der Waals surface area contributed by atoms with Gasteiger partial charge in [-0.1, -0.05) is 72.8 Å². The summed E-state index contributed by atoms with van der Waals surface area (Å²) in [6.45, 7) is 17.8. The number of aryl methyl sites for hydroxylation is 5. The molecule has 0 amide bonds. The van der Waals surface area contributed by atoms with E-state index in [-0.39, 0.29) is 11.3 Å². The number of halogens is 3. The first-order chi connectivity index (χ1) is 32.4. The zero-order chi connectivity index (χ0) is 46.3. The molecular weight excluding hydrogens is 844 g/mol. The average Bonchev–Trinajstić information content (AvgIpc) is 3.82. The third kappa shape index (κ3) is 6.77. The molecule has 0 bridgehead atoms. The molecular formula is C55H38F3N9. The van der Waals surface area contributed by atoms with Crippen LogP contribution in [-0.2, 0) is 6.18 Å². The standard InChI is InChI=1S/C55H38F3N9/c1-30-14-11-18-42(55(56,57)58)50(30)39-17-12-22-48(66-44-20-9-7-15-37(44)40-28-35(24-26-46(40)66)53-62-31(2)60-32(3)63-53)51(39)52-43(59-6)19-13-23-49(52)67-45-21-10-8-16-38(45)41-29-36(25-27-47(41)67)54-64-33(4)61-34(5)65-54/h7-29H,1-5H3. The van der Waals surface area contributed by atoms with Gasteiger partial charge in [-0.3, -0.25) is 0 Å². The van der Waals surface area contributed by atoms with Gasteiger partial charge in [0.05, 0.1) is 39.9 Å². The van der Waals surface area contributed by atoms with E-state index in [0.717, 1.165) is 60.8 Å². The third-order valence-electron chi connectivity index (χ3n) is 12.3. The minimum absolute atomic E-state index is 0.0380. The minimum atomic E-state index is -4.69. The summed E-state index contributed by atoms with van der Waals surface area (Å²) in [7, 11) is 0. The quantitative estimate of drug-likeness (QED) is 0.155. The van der Waals surface area contributed by atoms with E-state index in [2.05, 4.69) is 62.1 Å². The van der Waals surface area contributed by atoms with E-state index in [9.17, 15) is 0 Å². The van der Waals surface area contributed by atoms with E-state index in [4.69, 9.17) is 6.57 Å². The number of alkyl halides is 3. The zero-order valence-corrected chi connectivity index (χ0v) is 36.9. The summed E-state index contributed by atoms with van der Waals surface area (Å²) in [6.07, 6.45) is -4.69. The fraction of sp³-hybridized carbons (Fsp3) is 0.109. The molecule has 67 heavy (non-hydrogen) atoms. The molecule has 0 saturated carbocycles. The summed E-state index contributed by atoms with van der Waals surface area (Å²) in [5.74, 6) is 3.52. The molecule has 11 aromatic rings. The highest BCUT2D eigenvalue weighted by molar-refractivity contribution is 6.14. The van der Waals surface area contributed by atoms with Crippen LogP contribution in [0.3, 0.4) is 0 Å². The molecule has 0 aliphatic heterocycles. The first-order valence-corrected chi connectivity index (χ1v) is 21.7. The van der Waals surface area contributed by atoms with Crippen LogP contribution in [0.15, 0.2) is 140 Å². The van der Waals surface area contributed by atoms with Crippen molar-refractivity contribution in [2.24, 2.45) is 0 Å². The lowest BCUT2D eigenvalue weighted by Gasteiger charge is -2.25. The van der Waals surface area contributed by atoms with Gasteiger partial charge in [0.15, 0.2) is 17.3 Å². The number of aromatic nitrogens is 8. The molecule has 12 heteroatoms. The second kappa shape index (κ2) is 15.6. The molecule has 0 spiro atoms. The van der Waals surface area contributed by atoms with E-state index in [0.29, 0.717) is 68.6 Å². The number of benzene rings is 7. The maximum atomic E-state index is 15.4. The Labute approximate surface area is 382 Å². The van der Waals surface area contributed by atoms with Gasteiger partial charge >= 0.3 is 6.18 Å². The average molecular weight is 882 g/mol. The summed E-state index contributed by atoms with van der Waals surface area (Å²) in [4.78, 5) is 31.5. The van der Waals surface area contributed by atoms with Crippen LogP contribution >= 0.6 is 0 Å². The zero-order valence-electron chi connectivity index (χ0n) is 36.9. The van der Waals surface area contributed by atoms with Gasteiger partial charge in [-0.25, -0.2) is 34.7 Å². The van der Waals surface area contributed by atoms with Crippen LogP contribution in [0.4, 0.5) is 18.9 Å². The summed E-state index contributed by atoms with van der Waals surface area (Å²) in [6, 6.07) is 43.4. The molecule has 4 aromatic heterocycles. The second-order valence-electron chi connectivity index (χ2n) is 16.7. The fourth-order valence-corrected chi connectivity index (χ4v) is 9.76. The highest BCUT2D eigenvalue weighted by Gasteiger charge is 2.36. The van der Waals surface area contributed by atoms with Crippen LogP contribution in [0, 0.1) is 41.2 Å². The normalized spacial score (nSPS) is 11.9. The Morgan fingerprint density at radius 2 is 0.910 bits per heavy atom. The van der Waals surface area contributed by atoms with Crippen LogP contribution < -0.4 is 0 Å². The van der Waals surface area contributed by atoms with Gasteiger partial charge in [-0.2, -0.15) is 13.2 Å². The maximum Gasteiger partial charge on any atom is 0.417 e. The predicted molar refractivity (Wildman–Crippen MR) is 259 cm³/mol. The molecule has 0 aliphatic carbocycles. The first kappa shape index (κ1) is 41.2. The molecule has 0 radical (unpaired) electrons. The Balaban J connectivity index is 1.27. The molecule has 0 atom stereocenters. The Hall–Kier alpha value is -8.56. The van der Waals surface area contributed by atoms with E-state index in [1.165, 1.54) is 6.07 Å². The van der Waals surface area contributed by atoms with Crippen molar-refractivity contribution in [3.8, 4) is 56.4 Å². The van der Waals surface area contributed by atoms with Crippen molar-refractivity contribution in [1.82, 2.24) is 39.0 Å². The Morgan fingerprint density at radius 1 is 0.448 bits per heavy atom. The van der Waals surface area contributed by atoms with Gasteiger partial charge in [0.1, 0.15) is 23.3 Å². The number of rotatable bonds is 6. The van der Waals surface area contributed by atoms with Gasteiger partial charge in [0.25, 0.3) is 0 Å². The molecule has 7 aromatic carbocycles. The van der Waals surface area contributed by atoms with Crippen LogP contribution in [0.25, 0.3) is 105 Å². The van der Waals surface area contributed by atoms with E-state index in [1.807, 2.05) is 113 Å². The van der Waals surface area contributed by atoms with E-state index >= 15 is 13.2 Å². The monoisotopic (exact) mass is 881 g/mol. The Morgan fingerprint density at radius 3 is 1.42 bits per heavy atom. The van der Waals surface area contributed by atoms with Crippen molar-refractivity contribution in [3.63, 3.8) is 0 Å². The number of fused-ring (bicyclic) bond motifs is 6. The highest BCUT2D eigenvalue weighted by atomic mass is 19.4. The summed E-state index contributed by atoms with van der Waals surface area (Å²) in [5.41, 5.74) is 7.41. The molecule has 324 valence electrons. The molecule has 0 N–H and O–H groups in total. The predicted octanol–water partition coefficient (Wildman–Crippen LogP) is 14.0. The number of hydrogen-bond acceptors (Lipinski definition) is 6. The number of nitrogens with zero attached hydrogens (tertiary/aromatic N) is 9. The molecule has 4 heterocycles. The lowest BCUT2D eigenvalue weighted by Crippen LogP contribution is -2.10. The Bertz CT molecular complexity index is 3850. The van der Waals surface area contributed by atoms with Gasteiger partial charge in [0, 0.05) is 49.5 Å². The third-order valence-corrected chi connectivity index (χ3v) is 12.3. The number of hydrogen-bond donors (Lipinski definition) is 0. The molecule has 0 saturated heterocycles. The van der Waals surface area contributed by atoms with Crippen molar-refractivity contribution in [2.75, 3.05) is 0 Å². The molecule has 0 unspecified atom stereocenters. The summed E-state index contributed by atoms with van der Waals surface area (Å²) in [5, 5.41) is 3.67. The maximum absolute atomic E-state index is 15.4. The lowest BCUT2D eigenvalue weighted by molar-refractivity contribution is -0.137. The molecule has 0 aliphatic rings. The smallest absolute Gasteiger partial charge is 0.310 e. The summed E-state index contributed by atoms with van der Waals surface area (Å²) < 4.78 is 50.3. The van der Waals surface area contributed by atoms with Crippen LogP contribution in [0.2, 0.25) is 0 Å². The van der Waals surface area contributed by atoms with Crippen molar-refractivity contribution >= 4 is 49.3 Å². The highest BCUT2D eigenvalue weighted by Crippen LogP contribution is 2.51. The second-order valence-corrected chi connectivity index (χ2v) is 16.7. The van der Waals surface area contributed by atoms with Crippen LogP contribution in [0.5, 0.6) is 0 Å². The topological polar surface area (TPSA) is 91.6 Å². The van der Waals surface area contributed by atoms with Crippen molar-refractivity contribution in [3.05, 3.63) is 185 Å². The number of para-hydroxylation sites is 2. The van der Waals surface area contributed by atoms with E-state index in [1.54, 1.807) is 31.2 Å². The van der Waals surface area contributed by atoms with Gasteiger partial charge < -0.3 is 9.13 Å². The van der Waals surface area contributed by atoms with Crippen molar-refractivity contribution < 1.29 is 13.2 Å². The van der Waals surface area contributed by atoms with Gasteiger partial charge in [0.2, 0.25) is 0 Å². The first-order valence-electron chi connectivity index (χ1n) is 21.7. The Kier molecular flexibility index (Phi) is 9.56.